The molecule has 0 bridgehead atoms. The smallest absolute Gasteiger partial charge is 0.378 e. The lowest BCUT2D eigenvalue weighted by Gasteiger charge is -2.18. The number of hydrogen-bond acceptors (Lipinski definition) is 1. The van der Waals surface area contributed by atoms with Crippen molar-refractivity contribution in [1.29, 1.82) is 0 Å². The Morgan fingerprint density at radius 3 is 2.19 bits per heavy atom. The van der Waals surface area contributed by atoms with Gasteiger partial charge in [0.25, 0.3) is 0 Å². The van der Waals surface area contributed by atoms with Gasteiger partial charge >= 0.3 is 6.18 Å². The fraction of sp³-hybridized carbons (Fsp3) is 0.250. The fourth-order valence-electron chi connectivity index (χ4n) is 2.07. The summed E-state index contributed by atoms with van der Waals surface area (Å²) >= 11 is 2.24. The third kappa shape index (κ3) is 4.12. The summed E-state index contributed by atoms with van der Waals surface area (Å²) in [6.45, 7) is 3.93. The minimum absolute atomic E-state index is 0.0638. The number of benzene rings is 2. The Labute approximate surface area is 135 Å². The minimum atomic E-state index is -4.29. The first-order valence-corrected chi connectivity index (χ1v) is 7.55. The molecule has 2 aromatic carbocycles. The van der Waals surface area contributed by atoms with Gasteiger partial charge in [-0.2, -0.15) is 13.2 Å². The lowest BCUT2D eigenvalue weighted by Crippen LogP contribution is -2.09. The Kier molecular flexibility index (Phi) is 4.81. The van der Waals surface area contributed by atoms with Gasteiger partial charge in [-0.1, -0.05) is 12.1 Å². The van der Waals surface area contributed by atoms with Crippen molar-refractivity contribution in [3.63, 3.8) is 0 Å². The molecule has 0 heterocycles. The molecule has 2 aromatic rings. The van der Waals surface area contributed by atoms with E-state index in [1.54, 1.807) is 0 Å². The molecule has 0 spiro atoms. The fourth-order valence-corrected chi connectivity index (χ4v) is 2.71. The van der Waals surface area contributed by atoms with Crippen molar-refractivity contribution in [2.75, 3.05) is 5.32 Å². The van der Waals surface area contributed by atoms with Crippen LogP contribution in [0.4, 0.5) is 18.9 Å². The van der Waals surface area contributed by atoms with Gasteiger partial charge in [-0.3, -0.25) is 0 Å². The number of hydrogen-bond donors (Lipinski definition) is 1. The van der Waals surface area contributed by atoms with Gasteiger partial charge < -0.3 is 5.32 Å². The average Bonchev–Trinajstić information content (AvgIpc) is 2.41. The Bertz CT molecular complexity index is 620. The van der Waals surface area contributed by atoms with Crippen LogP contribution in [0.1, 0.15) is 29.7 Å². The van der Waals surface area contributed by atoms with Crippen LogP contribution in [0, 0.1) is 10.5 Å². The van der Waals surface area contributed by atoms with Crippen LogP contribution in [-0.2, 0) is 6.18 Å². The largest absolute Gasteiger partial charge is 0.416 e. The lowest BCUT2D eigenvalue weighted by molar-refractivity contribution is -0.137. The van der Waals surface area contributed by atoms with Crippen molar-refractivity contribution in [3.8, 4) is 0 Å². The number of aryl methyl sites for hydroxylation is 1. The molecule has 112 valence electrons. The summed E-state index contributed by atoms with van der Waals surface area (Å²) in [5, 5.41) is 3.33. The summed E-state index contributed by atoms with van der Waals surface area (Å²) in [5.74, 6) is 0. The Morgan fingerprint density at radius 2 is 1.67 bits per heavy atom. The zero-order chi connectivity index (χ0) is 15.6. The summed E-state index contributed by atoms with van der Waals surface area (Å²) in [6, 6.07) is 11.2. The zero-order valence-corrected chi connectivity index (χ0v) is 13.8. The van der Waals surface area contributed by atoms with Crippen molar-refractivity contribution < 1.29 is 13.2 Å². The molecule has 5 heteroatoms. The van der Waals surface area contributed by atoms with E-state index in [9.17, 15) is 13.2 Å². The second-order valence-electron chi connectivity index (χ2n) is 4.95. The molecule has 1 nitrogen and oxygen atoms in total. The van der Waals surface area contributed by atoms with Gasteiger partial charge in [0.15, 0.2) is 0 Å². The first-order chi connectivity index (χ1) is 9.77. The van der Waals surface area contributed by atoms with E-state index in [0.29, 0.717) is 0 Å². The first kappa shape index (κ1) is 16.1. The second kappa shape index (κ2) is 6.25. The molecule has 1 unspecified atom stereocenters. The van der Waals surface area contributed by atoms with Gasteiger partial charge in [0, 0.05) is 15.3 Å². The van der Waals surface area contributed by atoms with E-state index in [2.05, 4.69) is 34.0 Å². The molecule has 1 N–H and O–H groups in total. The van der Waals surface area contributed by atoms with E-state index in [1.165, 1.54) is 12.1 Å². The van der Waals surface area contributed by atoms with Gasteiger partial charge in [-0.15, -0.1) is 0 Å². The van der Waals surface area contributed by atoms with Crippen molar-refractivity contribution in [1.82, 2.24) is 0 Å². The maximum absolute atomic E-state index is 12.5. The molecule has 0 saturated heterocycles. The van der Waals surface area contributed by atoms with Crippen LogP contribution < -0.4 is 5.32 Å². The van der Waals surface area contributed by atoms with Gasteiger partial charge in [0.2, 0.25) is 0 Å². The highest BCUT2D eigenvalue weighted by molar-refractivity contribution is 14.1. The van der Waals surface area contributed by atoms with Gasteiger partial charge in [-0.25, -0.2) is 0 Å². The van der Waals surface area contributed by atoms with E-state index in [4.69, 9.17) is 0 Å². The number of halogens is 4. The molecule has 0 aliphatic rings. The number of rotatable bonds is 3. The van der Waals surface area contributed by atoms with Crippen LogP contribution in [0.2, 0.25) is 0 Å². The predicted molar refractivity (Wildman–Crippen MR) is 87.4 cm³/mol. The third-order valence-corrected chi connectivity index (χ3v) is 3.97. The maximum Gasteiger partial charge on any atom is 0.416 e. The summed E-state index contributed by atoms with van der Waals surface area (Å²) < 4.78 is 38.8. The van der Waals surface area contributed by atoms with Gasteiger partial charge in [-0.05, 0) is 77.9 Å². The molecule has 0 amide bonds. The molecule has 0 saturated carbocycles. The van der Waals surface area contributed by atoms with Crippen molar-refractivity contribution in [3.05, 3.63) is 62.7 Å². The van der Waals surface area contributed by atoms with E-state index in [0.717, 1.165) is 32.5 Å². The summed E-state index contributed by atoms with van der Waals surface area (Å²) in [6.07, 6.45) is -4.29. The monoisotopic (exact) mass is 405 g/mol. The van der Waals surface area contributed by atoms with Gasteiger partial charge in [0.1, 0.15) is 0 Å². The maximum atomic E-state index is 12.5. The molecular weight excluding hydrogens is 390 g/mol. The van der Waals surface area contributed by atoms with Crippen LogP contribution in [0.25, 0.3) is 0 Å². The highest BCUT2D eigenvalue weighted by Gasteiger charge is 2.30. The Balaban J connectivity index is 2.15. The summed E-state index contributed by atoms with van der Waals surface area (Å²) in [7, 11) is 0. The normalized spacial score (nSPS) is 13.0. The quantitative estimate of drug-likeness (QED) is 0.638. The highest BCUT2D eigenvalue weighted by atomic mass is 127. The topological polar surface area (TPSA) is 12.0 Å². The molecule has 0 fully saturated rings. The molecule has 0 aromatic heterocycles. The SMILES string of the molecule is Cc1cc(I)ccc1NC(C)c1ccc(C(F)(F)F)cc1. The van der Waals surface area contributed by atoms with E-state index >= 15 is 0 Å². The van der Waals surface area contributed by atoms with E-state index in [1.807, 2.05) is 26.0 Å². The molecule has 0 aliphatic heterocycles. The molecule has 2 rings (SSSR count). The van der Waals surface area contributed by atoms with E-state index in [-0.39, 0.29) is 6.04 Å². The second-order valence-corrected chi connectivity index (χ2v) is 6.19. The molecule has 21 heavy (non-hydrogen) atoms. The van der Waals surface area contributed by atoms with Gasteiger partial charge in [0.05, 0.1) is 5.56 Å². The highest BCUT2D eigenvalue weighted by Crippen LogP contribution is 2.30. The standard InChI is InChI=1S/C16H15F3IN/c1-10-9-14(20)7-8-15(10)21-11(2)12-3-5-13(6-4-12)16(17,18)19/h3-9,11,21H,1-2H3. The predicted octanol–water partition coefficient (Wildman–Crippen LogP) is 5.79. The van der Waals surface area contributed by atoms with Crippen LogP contribution in [0.15, 0.2) is 42.5 Å². The van der Waals surface area contributed by atoms with Crippen molar-refractivity contribution >= 4 is 28.3 Å². The molecule has 0 aliphatic carbocycles. The molecular formula is C16H15F3IN. The van der Waals surface area contributed by atoms with Crippen molar-refractivity contribution in [2.24, 2.45) is 0 Å². The summed E-state index contributed by atoms with van der Waals surface area (Å²) in [5.41, 5.74) is 2.30. The lowest BCUT2D eigenvalue weighted by atomic mass is 10.0. The molecule has 0 radical (unpaired) electrons. The van der Waals surface area contributed by atoms with Crippen LogP contribution in [0.5, 0.6) is 0 Å². The first-order valence-electron chi connectivity index (χ1n) is 6.47. The third-order valence-electron chi connectivity index (χ3n) is 3.30. The molecule has 1 atom stereocenters. The Morgan fingerprint density at radius 1 is 1.05 bits per heavy atom. The van der Waals surface area contributed by atoms with E-state index < -0.39 is 11.7 Å². The van der Waals surface area contributed by atoms with Crippen LogP contribution >= 0.6 is 22.6 Å². The number of anilines is 1. The minimum Gasteiger partial charge on any atom is -0.378 e. The van der Waals surface area contributed by atoms with Crippen LogP contribution in [-0.4, -0.2) is 0 Å². The summed E-state index contributed by atoms with van der Waals surface area (Å²) in [4.78, 5) is 0. The van der Waals surface area contributed by atoms with Crippen molar-refractivity contribution in [2.45, 2.75) is 26.1 Å². The van der Waals surface area contributed by atoms with Crippen LogP contribution in [0.3, 0.4) is 0 Å². The average molecular weight is 405 g/mol. The number of nitrogens with one attached hydrogen (secondary N) is 1. The number of alkyl halides is 3. The Hall–Kier alpha value is -1.24. The zero-order valence-electron chi connectivity index (χ0n) is 11.6.